The second-order valence-electron chi connectivity index (χ2n) is 5.14. The molecule has 118 valence electrons. The number of aryl methyl sites for hydroxylation is 1. The minimum absolute atomic E-state index is 0.00230. The van der Waals surface area contributed by atoms with Gasteiger partial charge < -0.3 is 10.6 Å². The second kappa shape index (κ2) is 8.93. The van der Waals surface area contributed by atoms with Gasteiger partial charge in [-0.2, -0.15) is 11.8 Å². The van der Waals surface area contributed by atoms with Crippen LogP contribution in [0.4, 0.5) is 4.39 Å². The fourth-order valence-corrected chi connectivity index (χ4v) is 2.00. The third kappa shape index (κ3) is 5.96. The minimum atomic E-state index is -0.168. The predicted molar refractivity (Wildman–Crippen MR) is 91.6 cm³/mol. The summed E-state index contributed by atoms with van der Waals surface area (Å²) in [5, 5.41) is 7.03. The van der Waals surface area contributed by atoms with Crippen molar-refractivity contribution in [1.29, 1.82) is 0 Å². The van der Waals surface area contributed by atoms with Gasteiger partial charge in [-0.3, -0.25) is 4.99 Å². The Morgan fingerprint density at radius 2 is 2.10 bits per heavy atom. The highest BCUT2D eigenvalue weighted by Gasteiger charge is 2.10. The van der Waals surface area contributed by atoms with Crippen molar-refractivity contribution < 1.29 is 4.39 Å². The average molecular weight is 311 g/mol. The number of nitrogens with zero attached hydrogens (tertiary/aromatic N) is 1. The summed E-state index contributed by atoms with van der Waals surface area (Å²) in [5.74, 6) is 0.603. The molecule has 0 bridgehead atoms. The molecule has 1 aromatic rings. The maximum atomic E-state index is 13.6. The maximum absolute atomic E-state index is 13.6. The number of benzene rings is 1. The second-order valence-corrected chi connectivity index (χ2v) is 6.42. The van der Waals surface area contributed by atoms with Crippen LogP contribution in [0, 0.1) is 12.7 Å². The molecule has 2 atom stereocenters. The molecule has 0 radical (unpaired) electrons. The van der Waals surface area contributed by atoms with E-state index in [1.165, 1.54) is 0 Å². The summed E-state index contributed by atoms with van der Waals surface area (Å²) in [4.78, 5) is 4.57. The minimum Gasteiger partial charge on any atom is -0.357 e. The number of hydrogen-bond donors (Lipinski definition) is 2. The highest BCUT2D eigenvalue weighted by atomic mass is 32.2. The zero-order valence-electron chi connectivity index (χ0n) is 13.5. The van der Waals surface area contributed by atoms with E-state index >= 15 is 0 Å². The summed E-state index contributed by atoms with van der Waals surface area (Å²) in [6.07, 6.45) is 2.08. The van der Waals surface area contributed by atoms with Crippen molar-refractivity contribution in [2.75, 3.05) is 19.3 Å². The largest absolute Gasteiger partial charge is 0.357 e. The number of halogens is 1. The first-order chi connectivity index (χ1) is 9.97. The van der Waals surface area contributed by atoms with Gasteiger partial charge >= 0.3 is 0 Å². The Bertz CT molecular complexity index is 477. The fourth-order valence-electron chi connectivity index (χ4n) is 1.78. The number of guanidine groups is 1. The van der Waals surface area contributed by atoms with Gasteiger partial charge in [0.2, 0.25) is 0 Å². The van der Waals surface area contributed by atoms with Gasteiger partial charge in [0.15, 0.2) is 5.96 Å². The van der Waals surface area contributed by atoms with E-state index in [-0.39, 0.29) is 11.9 Å². The number of thioether (sulfide) groups is 1. The van der Waals surface area contributed by atoms with E-state index in [1.807, 2.05) is 26.0 Å². The van der Waals surface area contributed by atoms with E-state index in [4.69, 9.17) is 0 Å². The van der Waals surface area contributed by atoms with E-state index in [2.05, 4.69) is 28.8 Å². The monoisotopic (exact) mass is 311 g/mol. The Balaban J connectivity index is 2.75. The molecule has 0 saturated carbocycles. The van der Waals surface area contributed by atoms with Crippen LogP contribution in [0.1, 0.15) is 37.9 Å². The molecule has 1 aromatic carbocycles. The summed E-state index contributed by atoms with van der Waals surface area (Å²) in [5.41, 5.74) is 1.59. The standard InChI is InChI=1S/C16H26FN3S/c1-6-18-16(19-10-12(3)21-5)20-13(4)14-8-7-11(2)15(17)9-14/h7-9,12-13H,6,10H2,1-5H3,(H2,18,19,20). The molecule has 0 aliphatic heterocycles. The van der Waals surface area contributed by atoms with E-state index in [9.17, 15) is 4.39 Å². The molecule has 0 heterocycles. The van der Waals surface area contributed by atoms with Crippen LogP contribution < -0.4 is 10.6 Å². The molecule has 0 saturated heterocycles. The van der Waals surface area contributed by atoms with Crippen molar-refractivity contribution >= 4 is 17.7 Å². The van der Waals surface area contributed by atoms with Gasteiger partial charge in [0, 0.05) is 11.8 Å². The highest BCUT2D eigenvalue weighted by molar-refractivity contribution is 7.99. The van der Waals surface area contributed by atoms with Crippen molar-refractivity contribution in [3.05, 3.63) is 35.1 Å². The predicted octanol–water partition coefficient (Wildman–Crippen LogP) is 3.50. The molecule has 0 aromatic heterocycles. The first-order valence-corrected chi connectivity index (χ1v) is 8.60. The molecule has 3 nitrogen and oxygen atoms in total. The van der Waals surface area contributed by atoms with E-state index < -0.39 is 0 Å². The zero-order chi connectivity index (χ0) is 15.8. The number of hydrogen-bond acceptors (Lipinski definition) is 2. The first kappa shape index (κ1) is 17.8. The molecule has 0 aliphatic carbocycles. The van der Waals surface area contributed by atoms with Crippen molar-refractivity contribution in [1.82, 2.24) is 10.6 Å². The van der Waals surface area contributed by atoms with Crippen LogP contribution in [0.25, 0.3) is 0 Å². The van der Waals surface area contributed by atoms with Crippen molar-refractivity contribution in [2.24, 2.45) is 4.99 Å². The van der Waals surface area contributed by atoms with Crippen LogP contribution >= 0.6 is 11.8 Å². The van der Waals surface area contributed by atoms with Crippen molar-refractivity contribution in [3.63, 3.8) is 0 Å². The molecule has 5 heteroatoms. The summed E-state index contributed by atoms with van der Waals surface area (Å²) < 4.78 is 13.6. The van der Waals surface area contributed by atoms with E-state index in [0.717, 1.165) is 24.6 Å². The summed E-state index contributed by atoms with van der Waals surface area (Å²) in [6.45, 7) is 9.52. The lowest BCUT2D eigenvalue weighted by Gasteiger charge is -2.19. The molecule has 0 fully saturated rings. The molecular weight excluding hydrogens is 285 g/mol. The van der Waals surface area contributed by atoms with Gasteiger partial charge in [-0.1, -0.05) is 19.1 Å². The van der Waals surface area contributed by atoms with Crippen molar-refractivity contribution in [2.45, 2.75) is 39.0 Å². The Hall–Kier alpha value is -1.23. The topological polar surface area (TPSA) is 36.4 Å². The van der Waals surface area contributed by atoms with Crippen LogP contribution in [0.5, 0.6) is 0 Å². The van der Waals surface area contributed by atoms with E-state index in [1.54, 1.807) is 24.8 Å². The van der Waals surface area contributed by atoms with Crippen LogP contribution in [-0.2, 0) is 0 Å². The van der Waals surface area contributed by atoms with Gasteiger partial charge in [0.25, 0.3) is 0 Å². The molecule has 1 rings (SSSR count). The first-order valence-electron chi connectivity index (χ1n) is 7.31. The van der Waals surface area contributed by atoms with Gasteiger partial charge in [-0.15, -0.1) is 0 Å². The lowest BCUT2D eigenvalue weighted by Crippen LogP contribution is -2.39. The smallest absolute Gasteiger partial charge is 0.191 e. The molecule has 0 spiro atoms. The van der Waals surface area contributed by atoms with Crippen LogP contribution in [0.2, 0.25) is 0 Å². The molecule has 2 N–H and O–H groups in total. The third-order valence-electron chi connectivity index (χ3n) is 3.30. The summed E-state index contributed by atoms with van der Waals surface area (Å²) >= 11 is 1.79. The normalized spacial score (nSPS) is 14.7. The van der Waals surface area contributed by atoms with Crippen LogP contribution in [0.15, 0.2) is 23.2 Å². The zero-order valence-corrected chi connectivity index (χ0v) is 14.4. The van der Waals surface area contributed by atoms with Gasteiger partial charge in [0.05, 0.1) is 12.6 Å². The maximum Gasteiger partial charge on any atom is 0.191 e. The molecule has 2 unspecified atom stereocenters. The Labute approximate surface area is 131 Å². The Morgan fingerprint density at radius 1 is 1.38 bits per heavy atom. The van der Waals surface area contributed by atoms with Crippen LogP contribution in [-0.4, -0.2) is 30.6 Å². The van der Waals surface area contributed by atoms with Gasteiger partial charge in [0.1, 0.15) is 5.82 Å². The lowest BCUT2D eigenvalue weighted by molar-refractivity contribution is 0.607. The van der Waals surface area contributed by atoms with E-state index in [0.29, 0.717) is 10.8 Å². The molecule has 0 aliphatic rings. The fraction of sp³-hybridized carbons (Fsp3) is 0.562. The quantitative estimate of drug-likeness (QED) is 0.623. The lowest BCUT2D eigenvalue weighted by atomic mass is 10.1. The van der Waals surface area contributed by atoms with Gasteiger partial charge in [-0.05, 0) is 44.2 Å². The summed E-state index contributed by atoms with van der Waals surface area (Å²) in [6, 6.07) is 5.34. The van der Waals surface area contributed by atoms with Crippen LogP contribution in [0.3, 0.4) is 0 Å². The molecule has 0 amide bonds. The number of rotatable bonds is 6. The Kier molecular flexibility index (Phi) is 7.57. The van der Waals surface area contributed by atoms with Crippen molar-refractivity contribution in [3.8, 4) is 0 Å². The third-order valence-corrected chi connectivity index (χ3v) is 4.26. The SMILES string of the molecule is CCNC(=NCC(C)SC)NC(C)c1ccc(C)c(F)c1. The highest BCUT2D eigenvalue weighted by Crippen LogP contribution is 2.16. The Morgan fingerprint density at radius 3 is 2.67 bits per heavy atom. The number of aliphatic imine (C=N–C) groups is 1. The van der Waals surface area contributed by atoms with Gasteiger partial charge in [-0.25, -0.2) is 4.39 Å². The number of nitrogens with one attached hydrogen (secondary N) is 2. The summed E-state index contributed by atoms with van der Waals surface area (Å²) in [7, 11) is 0. The molecule has 21 heavy (non-hydrogen) atoms. The average Bonchev–Trinajstić information content (AvgIpc) is 2.47. The molecular formula is C16H26FN3S.